The van der Waals surface area contributed by atoms with Crippen molar-refractivity contribution < 1.29 is 4.42 Å². The first-order valence-electron chi connectivity index (χ1n) is 5.78. The van der Waals surface area contributed by atoms with Crippen molar-refractivity contribution in [3.05, 3.63) is 47.2 Å². The molecule has 0 aliphatic carbocycles. The van der Waals surface area contributed by atoms with Crippen LogP contribution >= 0.6 is 11.6 Å². The molecular formula is C13H10ClN5O. The molecule has 2 heterocycles. The van der Waals surface area contributed by atoms with E-state index in [1.165, 1.54) is 6.21 Å². The number of nitrogens with zero attached hydrogens (tertiary/aromatic N) is 3. The average molecular weight is 288 g/mol. The molecule has 0 unspecified atom stereocenters. The first kappa shape index (κ1) is 12.4. The summed E-state index contributed by atoms with van der Waals surface area (Å²) in [6, 6.07) is 11.1. The zero-order chi connectivity index (χ0) is 13.9. The Hall–Kier alpha value is -2.60. The summed E-state index contributed by atoms with van der Waals surface area (Å²) >= 11 is 5.95. The van der Waals surface area contributed by atoms with Crippen LogP contribution in [0.25, 0.3) is 11.3 Å². The van der Waals surface area contributed by atoms with Gasteiger partial charge in [0.05, 0.1) is 6.21 Å². The van der Waals surface area contributed by atoms with Crippen LogP contribution in [-0.4, -0.2) is 21.4 Å². The molecule has 0 saturated heterocycles. The van der Waals surface area contributed by atoms with Gasteiger partial charge in [-0.25, -0.2) is 10.1 Å². The predicted octanol–water partition coefficient (Wildman–Crippen LogP) is 3.05. The Kier molecular flexibility index (Phi) is 3.22. The number of halogens is 1. The number of aromatic nitrogens is 3. The van der Waals surface area contributed by atoms with E-state index in [9.17, 15) is 0 Å². The van der Waals surface area contributed by atoms with Gasteiger partial charge in [-0.05, 0) is 24.3 Å². The van der Waals surface area contributed by atoms with E-state index >= 15 is 0 Å². The minimum Gasteiger partial charge on any atom is -0.455 e. The van der Waals surface area contributed by atoms with Gasteiger partial charge < -0.3 is 10.2 Å². The van der Waals surface area contributed by atoms with E-state index in [-0.39, 0.29) is 11.9 Å². The SMILES string of the molecule is Nc1nc(N=Cc2ccc(-c3cccc(Cl)c3)o2)n[nH]1. The van der Waals surface area contributed by atoms with Gasteiger partial charge >= 0.3 is 0 Å². The second-order valence-electron chi connectivity index (χ2n) is 3.99. The van der Waals surface area contributed by atoms with E-state index in [1.807, 2.05) is 30.3 Å². The molecule has 3 N–H and O–H groups in total. The number of furan rings is 1. The summed E-state index contributed by atoms with van der Waals surface area (Å²) in [4.78, 5) is 7.90. The fourth-order valence-electron chi connectivity index (χ4n) is 1.66. The van der Waals surface area contributed by atoms with E-state index in [1.54, 1.807) is 6.07 Å². The molecule has 6 nitrogen and oxygen atoms in total. The normalized spacial score (nSPS) is 11.2. The van der Waals surface area contributed by atoms with Crippen molar-refractivity contribution in [1.82, 2.24) is 15.2 Å². The maximum Gasteiger partial charge on any atom is 0.269 e. The monoisotopic (exact) mass is 287 g/mol. The standard InChI is InChI=1S/C13H10ClN5O/c14-9-3-1-2-8(6-9)11-5-4-10(20-11)7-16-13-17-12(15)18-19-13/h1-7H,(H3,15,17,18,19). The zero-order valence-electron chi connectivity index (χ0n) is 10.2. The number of nitrogens with one attached hydrogen (secondary N) is 1. The molecule has 1 aromatic carbocycles. The number of nitrogens with two attached hydrogens (primary N) is 1. The minimum atomic E-state index is 0.219. The van der Waals surface area contributed by atoms with Crippen LogP contribution in [0.5, 0.6) is 0 Å². The second kappa shape index (κ2) is 5.18. The summed E-state index contributed by atoms with van der Waals surface area (Å²) in [5.41, 5.74) is 6.30. The molecule has 3 rings (SSSR count). The first-order valence-corrected chi connectivity index (χ1v) is 6.16. The van der Waals surface area contributed by atoms with Crippen LogP contribution in [0.2, 0.25) is 5.02 Å². The quantitative estimate of drug-likeness (QED) is 0.724. The van der Waals surface area contributed by atoms with Crippen molar-refractivity contribution in [2.45, 2.75) is 0 Å². The highest BCUT2D eigenvalue weighted by atomic mass is 35.5. The van der Waals surface area contributed by atoms with Crippen molar-refractivity contribution in [2.75, 3.05) is 5.73 Å². The molecule has 0 saturated carbocycles. The molecule has 0 aliphatic heterocycles. The van der Waals surface area contributed by atoms with Gasteiger partial charge in [-0.1, -0.05) is 23.7 Å². The molecule has 2 aromatic heterocycles. The van der Waals surface area contributed by atoms with E-state index < -0.39 is 0 Å². The number of anilines is 1. The number of hydrogen-bond donors (Lipinski definition) is 2. The molecule has 0 fully saturated rings. The minimum absolute atomic E-state index is 0.219. The van der Waals surface area contributed by atoms with Crippen LogP contribution in [0.1, 0.15) is 5.76 Å². The third kappa shape index (κ3) is 2.70. The second-order valence-corrected chi connectivity index (χ2v) is 4.43. The predicted molar refractivity (Wildman–Crippen MR) is 77.2 cm³/mol. The van der Waals surface area contributed by atoms with Gasteiger partial charge in [0.25, 0.3) is 5.95 Å². The Labute approximate surface area is 119 Å². The van der Waals surface area contributed by atoms with Crippen LogP contribution < -0.4 is 5.73 Å². The molecule has 0 aliphatic rings. The lowest BCUT2D eigenvalue weighted by atomic mass is 10.2. The van der Waals surface area contributed by atoms with Crippen LogP contribution in [0.4, 0.5) is 11.9 Å². The number of benzene rings is 1. The molecule has 0 amide bonds. The number of H-pyrrole nitrogens is 1. The number of aliphatic imine (C=N–C) groups is 1. The average Bonchev–Trinajstić information content (AvgIpc) is 3.05. The molecule has 20 heavy (non-hydrogen) atoms. The number of rotatable bonds is 3. The Bertz CT molecular complexity index is 761. The summed E-state index contributed by atoms with van der Waals surface area (Å²) < 4.78 is 5.65. The summed E-state index contributed by atoms with van der Waals surface area (Å²) in [5, 5.41) is 6.95. The lowest BCUT2D eigenvalue weighted by Gasteiger charge is -1.96. The van der Waals surface area contributed by atoms with Crippen molar-refractivity contribution >= 4 is 29.7 Å². The van der Waals surface area contributed by atoms with Gasteiger partial charge in [-0.2, -0.15) is 4.98 Å². The smallest absolute Gasteiger partial charge is 0.269 e. The number of hydrogen-bond acceptors (Lipinski definition) is 5. The summed E-state index contributed by atoms with van der Waals surface area (Å²) in [6.07, 6.45) is 1.52. The summed E-state index contributed by atoms with van der Waals surface area (Å²) in [7, 11) is 0. The fraction of sp³-hybridized carbons (Fsp3) is 0. The van der Waals surface area contributed by atoms with Crippen molar-refractivity contribution in [1.29, 1.82) is 0 Å². The molecule has 3 aromatic rings. The third-order valence-corrected chi connectivity index (χ3v) is 2.77. The first-order chi connectivity index (χ1) is 9.70. The highest BCUT2D eigenvalue weighted by Crippen LogP contribution is 2.24. The third-order valence-electron chi connectivity index (χ3n) is 2.53. The Morgan fingerprint density at radius 1 is 1.30 bits per heavy atom. The zero-order valence-corrected chi connectivity index (χ0v) is 11.0. The molecular weight excluding hydrogens is 278 g/mol. The van der Waals surface area contributed by atoms with Crippen molar-refractivity contribution in [2.24, 2.45) is 4.99 Å². The number of aromatic amines is 1. The topological polar surface area (TPSA) is 93.1 Å². The number of nitrogen functional groups attached to an aromatic ring is 1. The van der Waals surface area contributed by atoms with Gasteiger partial charge in [-0.15, -0.1) is 5.10 Å². The summed E-state index contributed by atoms with van der Waals surface area (Å²) in [5.74, 6) is 1.77. The highest BCUT2D eigenvalue weighted by Gasteiger charge is 2.04. The van der Waals surface area contributed by atoms with E-state index in [2.05, 4.69) is 20.2 Å². The summed E-state index contributed by atoms with van der Waals surface area (Å²) in [6.45, 7) is 0. The highest BCUT2D eigenvalue weighted by molar-refractivity contribution is 6.30. The maximum absolute atomic E-state index is 5.95. The van der Waals surface area contributed by atoms with Gasteiger partial charge in [0, 0.05) is 10.6 Å². The van der Waals surface area contributed by atoms with Crippen molar-refractivity contribution in [3.63, 3.8) is 0 Å². The molecule has 0 bridgehead atoms. The molecule has 100 valence electrons. The van der Waals surface area contributed by atoms with Crippen LogP contribution in [0.3, 0.4) is 0 Å². The molecule has 7 heteroatoms. The van der Waals surface area contributed by atoms with Crippen LogP contribution in [0.15, 0.2) is 45.8 Å². The van der Waals surface area contributed by atoms with Gasteiger partial charge in [0.15, 0.2) is 0 Å². The lowest BCUT2D eigenvalue weighted by molar-refractivity contribution is 0.575. The lowest BCUT2D eigenvalue weighted by Crippen LogP contribution is -1.84. The van der Waals surface area contributed by atoms with Crippen LogP contribution in [0, 0.1) is 0 Å². The molecule has 0 radical (unpaired) electrons. The van der Waals surface area contributed by atoms with Crippen molar-refractivity contribution in [3.8, 4) is 11.3 Å². The van der Waals surface area contributed by atoms with Gasteiger partial charge in [0.1, 0.15) is 11.5 Å². The van der Waals surface area contributed by atoms with Crippen LogP contribution in [-0.2, 0) is 0 Å². The van der Waals surface area contributed by atoms with Gasteiger partial charge in [-0.3, -0.25) is 0 Å². The fourth-order valence-corrected chi connectivity index (χ4v) is 1.85. The van der Waals surface area contributed by atoms with Gasteiger partial charge in [0.2, 0.25) is 5.95 Å². The Morgan fingerprint density at radius 2 is 2.20 bits per heavy atom. The Morgan fingerprint density at radius 3 is 2.95 bits per heavy atom. The van der Waals surface area contributed by atoms with E-state index in [4.69, 9.17) is 21.8 Å². The van der Waals surface area contributed by atoms with E-state index in [0.29, 0.717) is 16.5 Å². The maximum atomic E-state index is 5.95. The van der Waals surface area contributed by atoms with E-state index in [0.717, 1.165) is 5.56 Å². The largest absolute Gasteiger partial charge is 0.455 e. The molecule has 0 atom stereocenters. The Balaban J connectivity index is 1.82. The molecule has 0 spiro atoms.